The predicted octanol–water partition coefficient (Wildman–Crippen LogP) is 1.59. The third-order valence-electron chi connectivity index (χ3n) is 2.43. The largest absolute Gasteiger partial charge is 0.497 e. The van der Waals surface area contributed by atoms with Crippen LogP contribution in [-0.4, -0.2) is 28.6 Å². The number of Topliss-reactive ketones (excluding diaryl/α,β-unsaturated/α-hetero) is 1. The molecule has 0 aliphatic heterocycles. The molecule has 0 atom stereocenters. The number of carbonyl (C=O) groups excluding carboxylic acids is 2. The van der Waals surface area contributed by atoms with E-state index in [2.05, 4.69) is 10.1 Å². The van der Waals surface area contributed by atoms with Gasteiger partial charge in [0.15, 0.2) is 10.8 Å². The van der Waals surface area contributed by atoms with Gasteiger partial charge >= 0.3 is 0 Å². The summed E-state index contributed by atoms with van der Waals surface area (Å²) in [5.74, 6) is 0.203. The van der Waals surface area contributed by atoms with E-state index in [0.717, 1.165) is 11.3 Å². The summed E-state index contributed by atoms with van der Waals surface area (Å²) in [5, 5.41) is 4.49. The van der Waals surface area contributed by atoms with E-state index in [9.17, 15) is 9.59 Å². The highest BCUT2D eigenvalue weighted by Gasteiger charge is 2.11. The van der Waals surface area contributed by atoms with Crippen LogP contribution < -0.4 is 9.54 Å². The molecule has 0 fully saturated rings. The van der Waals surface area contributed by atoms with Crippen molar-refractivity contribution in [3.63, 3.8) is 0 Å². The fourth-order valence-electron chi connectivity index (χ4n) is 1.52. The summed E-state index contributed by atoms with van der Waals surface area (Å²) in [4.78, 5) is 26.8. The zero-order valence-corrected chi connectivity index (χ0v) is 12.1. The fourth-order valence-corrected chi connectivity index (χ4v) is 2.37. The smallest absolute Gasteiger partial charge is 0.245 e. The average molecular weight is 291 g/mol. The molecule has 20 heavy (non-hydrogen) atoms. The number of methoxy groups -OCH3 is 1. The molecule has 0 N–H and O–H groups in total. The lowest BCUT2D eigenvalue weighted by Crippen LogP contribution is -2.15. The predicted molar refractivity (Wildman–Crippen MR) is 74.2 cm³/mol. The van der Waals surface area contributed by atoms with Gasteiger partial charge in [-0.2, -0.15) is 10.1 Å². The summed E-state index contributed by atoms with van der Waals surface area (Å²) in [6.07, 6.45) is 0. The van der Waals surface area contributed by atoms with Crippen LogP contribution in [0.2, 0.25) is 0 Å². The summed E-state index contributed by atoms with van der Waals surface area (Å²) in [7, 11) is 1.58. The van der Waals surface area contributed by atoms with Crippen LogP contribution in [0, 0.1) is 0 Å². The number of hydrogen-bond donors (Lipinski definition) is 0. The second-order valence-corrected chi connectivity index (χ2v) is 4.94. The maximum atomic E-state index is 11.4. The minimum absolute atomic E-state index is 0.165. The Balaban J connectivity index is 2.58. The Kier molecular flexibility index (Phi) is 4.09. The Labute approximate surface area is 119 Å². The SMILES string of the molecule is COc1ccc(-n2nc(C(C)=O)sc2=NC(C)=O)cc1. The Morgan fingerprint density at radius 1 is 1.25 bits per heavy atom. The number of ether oxygens (including phenoxy) is 1. The first-order valence-corrected chi connectivity index (χ1v) is 6.63. The maximum absolute atomic E-state index is 11.4. The van der Waals surface area contributed by atoms with E-state index < -0.39 is 0 Å². The van der Waals surface area contributed by atoms with Crippen LogP contribution in [0.25, 0.3) is 5.69 Å². The molecule has 0 saturated carbocycles. The highest BCUT2D eigenvalue weighted by molar-refractivity contribution is 7.11. The van der Waals surface area contributed by atoms with Crippen molar-refractivity contribution in [2.24, 2.45) is 4.99 Å². The number of nitrogens with zero attached hydrogens (tertiary/aromatic N) is 3. The molecule has 2 aromatic rings. The van der Waals surface area contributed by atoms with Crippen molar-refractivity contribution in [3.8, 4) is 11.4 Å². The van der Waals surface area contributed by atoms with Gasteiger partial charge in [0.2, 0.25) is 10.7 Å². The van der Waals surface area contributed by atoms with Crippen LogP contribution in [-0.2, 0) is 4.79 Å². The first kappa shape index (κ1) is 14.1. The molecular weight excluding hydrogens is 278 g/mol. The van der Waals surface area contributed by atoms with Gasteiger partial charge < -0.3 is 4.74 Å². The third kappa shape index (κ3) is 3.00. The topological polar surface area (TPSA) is 73.6 Å². The Hall–Kier alpha value is -2.28. The molecule has 0 aliphatic carbocycles. The normalized spacial score (nSPS) is 11.4. The molecule has 0 saturated heterocycles. The van der Waals surface area contributed by atoms with Crippen LogP contribution in [0.15, 0.2) is 29.3 Å². The number of ketones is 1. The lowest BCUT2D eigenvalue weighted by atomic mass is 10.3. The number of hydrogen-bond acceptors (Lipinski definition) is 5. The zero-order valence-electron chi connectivity index (χ0n) is 11.3. The van der Waals surface area contributed by atoms with Gasteiger partial charge in [-0.1, -0.05) is 11.3 Å². The molecule has 6 nitrogen and oxygen atoms in total. The van der Waals surface area contributed by atoms with Crippen molar-refractivity contribution < 1.29 is 14.3 Å². The Bertz CT molecular complexity index is 713. The van der Waals surface area contributed by atoms with Gasteiger partial charge in [0, 0.05) is 13.8 Å². The molecule has 1 aromatic heterocycles. The van der Waals surface area contributed by atoms with Crippen LogP contribution in [0.4, 0.5) is 0 Å². The fraction of sp³-hybridized carbons (Fsp3) is 0.231. The lowest BCUT2D eigenvalue weighted by molar-refractivity contribution is -0.116. The lowest BCUT2D eigenvalue weighted by Gasteiger charge is -2.02. The molecule has 7 heteroatoms. The molecule has 2 rings (SSSR count). The van der Waals surface area contributed by atoms with E-state index >= 15 is 0 Å². The highest BCUT2D eigenvalue weighted by atomic mass is 32.1. The van der Waals surface area contributed by atoms with Gasteiger partial charge in [-0.3, -0.25) is 9.59 Å². The van der Waals surface area contributed by atoms with Crippen molar-refractivity contribution in [1.29, 1.82) is 0 Å². The highest BCUT2D eigenvalue weighted by Crippen LogP contribution is 2.14. The molecule has 0 spiro atoms. The van der Waals surface area contributed by atoms with E-state index in [1.807, 2.05) is 0 Å². The van der Waals surface area contributed by atoms with E-state index in [0.29, 0.717) is 21.2 Å². The number of benzene rings is 1. The second-order valence-electron chi connectivity index (χ2n) is 3.99. The summed E-state index contributed by atoms with van der Waals surface area (Å²) < 4.78 is 6.56. The van der Waals surface area contributed by atoms with Crippen molar-refractivity contribution in [2.75, 3.05) is 7.11 Å². The van der Waals surface area contributed by atoms with Crippen LogP contribution in [0.3, 0.4) is 0 Å². The number of rotatable bonds is 3. The molecular formula is C13H13N3O3S. The molecule has 0 aliphatic rings. The van der Waals surface area contributed by atoms with E-state index in [4.69, 9.17) is 4.74 Å². The molecule has 0 unspecified atom stereocenters. The standard InChI is InChI=1S/C13H13N3O3S/c1-8(17)12-15-16(13(20-12)14-9(2)18)10-4-6-11(19-3)7-5-10/h4-7H,1-3H3. The molecule has 1 heterocycles. The average Bonchev–Trinajstić information content (AvgIpc) is 2.82. The number of amides is 1. The second kappa shape index (κ2) is 5.79. The van der Waals surface area contributed by atoms with E-state index in [-0.39, 0.29) is 11.7 Å². The quantitative estimate of drug-likeness (QED) is 0.805. The minimum Gasteiger partial charge on any atom is -0.497 e. The zero-order chi connectivity index (χ0) is 14.7. The first-order valence-electron chi connectivity index (χ1n) is 5.82. The van der Waals surface area contributed by atoms with Crippen LogP contribution >= 0.6 is 11.3 Å². The van der Waals surface area contributed by atoms with Gasteiger partial charge in [0.25, 0.3) is 0 Å². The first-order chi connectivity index (χ1) is 9.51. The molecule has 1 amide bonds. The van der Waals surface area contributed by atoms with E-state index in [1.54, 1.807) is 31.4 Å². The summed E-state index contributed by atoms with van der Waals surface area (Å²) in [5.41, 5.74) is 0.703. The molecule has 0 radical (unpaired) electrons. The van der Waals surface area contributed by atoms with Gasteiger partial charge in [0.05, 0.1) is 12.8 Å². The summed E-state index contributed by atoms with van der Waals surface area (Å²) in [6, 6.07) is 7.10. The molecule has 104 valence electrons. The Morgan fingerprint density at radius 3 is 2.40 bits per heavy atom. The van der Waals surface area contributed by atoms with E-state index in [1.165, 1.54) is 18.5 Å². The van der Waals surface area contributed by atoms with Gasteiger partial charge in [0.1, 0.15) is 5.75 Å². The summed E-state index contributed by atoms with van der Waals surface area (Å²) in [6.45, 7) is 2.78. The molecule has 0 bridgehead atoms. The monoisotopic (exact) mass is 291 g/mol. The number of carbonyl (C=O) groups is 2. The maximum Gasteiger partial charge on any atom is 0.245 e. The minimum atomic E-state index is -0.342. The third-order valence-corrected chi connectivity index (χ3v) is 3.44. The Morgan fingerprint density at radius 2 is 1.90 bits per heavy atom. The molecule has 1 aromatic carbocycles. The van der Waals surface area contributed by atoms with Crippen molar-refractivity contribution in [1.82, 2.24) is 9.78 Å². The van der Waals surface area contributed by atoms with Gasteiger partial charge in [-0.25, -0.2) is 4.68 Å². The summed E-state index contributed by atoms with van der Waals surface area (Å²) >= 11 is 1.08. The van der Waals surface area contributed by atoms with Crippen molar-refractivity contribution >= 4 is 23.0 Å². The van der Waals surface area contributed by atoms with Crippen molar-refractivity contribution in [2.45, 2.75) is 13.8 Å². The van der Waals surface area contributed by atoms with Crippen LogP contribution in [0.1, 0.15) is 23.6 Å². The van der Waals surface area contributed by atoms with Crippen LogP contribution in [0.5, 0.6) is 5.75 Å². The van der Waals surface area contributed by atoms with Gasteiger partial charge in [-0.15, -0.1) is 0 Å². The van der Waals surface area contributed by atoms with Gasteiger partial charge in [-0.05, 0) is 24.3 Å². The number of aromatic nitrogens is 2. The van der Waals surface area contributed by atoms with Crippen molar-refractivity contribution in [3.05, 3.63) is 34.1 Å².